The molecule has 0 atom stereocenters. The number of likely N-dealkylation sites (tertiary alicyclic amines) is 1. The SMILES string of the molecule is CC(C)NC(=O)c1nsc(C(=O)N2CCCC2)c1N. The van der Waals surface area contributed by atoms with Crippen molar-refractivity contribution in [3.63, 3.8) is 0 Å². The molecule has 6 nitrogen and oxygen atoms in total. The van der Waals surface area contributed by atoms with Crippen LogP contribution in [0.3, 0.4) is 0 Å². The Balaban J connectivity index is 2.17. The Morgan fingerprint density at radius 3 is 2.58 bits per heavy atom. The summed E-state index contributed by atoms with van der Waals surface area (Å²) in [7, 11) is 0. The monoisotopic (exact) mass is 282 g/mol. The van der Waals surface area contributed by atoms with E-state index < -0.39 is 0 Å². The van der Waals surface area contributed by atoms with Crippen LogP contribution in [0.2, 0.25) is 0 Å². The van der Waals surface area contributed by atoms with E-state index in [2.05, 4.69) is 9.69 Å². The summed E-state index contributed by atoms with van der Waals surface area (Å²) >= 11 is 0.999. The molecule has 0 bridgehead atoms. The van der Waals surface area contributed by atoms with Gasteiger partial charge in [-0.1, -0.05) is 0 Å². The molecule has 104 valence electrons. The molecular weight excluding hydrogens is 264 g/mol. The fraction of sp³-hybridized carbons (Fsp3) is 0.583. The van der Waals surface area contributed by atoms with Gasteiger partial charge in [-0.05, 0) is 38.2 Å². The van der Waals surface area contributed by atoms with Crippen LogP contribution in [0, 0.1) is 0 Å². The Bertz CT molecular complexity index is 492. The van der Waals surface area contributed by atoms with E-state index in [9.17, 15) is 9.59 Å². The molecule has 0 radical (unpaired) electrons. The van der Waals surface area contributed by atoms with Crippen molar-refractivity contribution < 1.29 is 9.59 Å². The van der Waals surface area contributed by atoms with Gasteiger partial charge >= 0.3 is 0 Å². The molecule has 2 heterocycles. The van der Waals surface area contributed by atoms with Crippen LogP contribution in [0.15, 0.2) is 0 Å². The predicted molar refractivity (Wildman–Crippen MR) is 74.3 cm³/mol. The second kappa shape index (κ2) is 5.56. The topological polar surface area (TPSA) is 88.3 Å². The zero-order valence-corrected chi connectivity index (χ0v) is 11.9. The molecule has 0 aromatic carbocycles. The smallest absolute Gasteiger partial charge is 0.273 e. The summed E-state index contributed by atoms with van der Waals surface area (Å²) in [6.45, 7) is 5.22. The summed E-state index contributed by atoms with van der Waals surface area (Å²) in [5.41, 5.74) is 6.24. The van der Waals surface area contributed by atoms with Crippen molar-refractivity contribution in [1.82, 2.24) is 14.6 Å². The number of rotatable bonds is 3. The van der Waals surface area contributed by atoms with Crippen LogP contribution < -0.4 is 11.1 Å². The number of nitrogens with one attached hydrogen (secondary N) is 1. The zero-order chi connectivity index (χ0) is 14.0. The van der Waals surface area contributed by atoms with Crippen molar-refractivity contribution in [3.8, 4) is 0 Å². The van der Waals surface area contributed by atoms with E-state index in [0.717, 1.165) is 37.5 Å². The number of carbonyl (C=O) groups is 2. The highest BCUT2D eigenvalue weighted by molar-refractivity contribution is 7.09. The molecule has 1 fully saturated rings. The van der Waals surface area contributed by atoms with Gasteiger partial charge in [0.1, 0.15) is 4.88 Å². The van der Waals surface area contributed by atoms with Crippen LogP contribution in [0.5, 0.6) is 0 Å². The average Bonchev–Trinajstić information content (AvgIpc) is 2.96. The number of carbonyl (C=O) groups excluding carboxylic acids is 2. The summed E-state index contributed by atoms with van der Waals surface area (Å²) in [6.07, 6.45) is 2.04. The van der Waals surface area contributed by atoms with E-state index in [1.165, 1.54) is 0 Å². The first-order valence-electron chi connectivity index (χ1n) is 6.36. The minimum absolute atomic E-state index is 0.00586. The summed E-state index contributed by atoms with van der Waals surface area (Å²) in [6, 6.07) is 0.00586. The van der Waals surface area contributed by atoms with E-state index in [0.29, 0.717) is 4.88 Å². The minimum Gasteiger partial charge on any atom is -0.395 e. The van der Waals surface area contributed by atoms with Crippen LogP contribution in [-0.4, -0.2) is 40.2 Å². The minimum atomic E-state index is -0.329. The zero-order valence-electron chi connectivity index (χ0n) is 11.1. The lowest BCUT2D eigenvalue weighted by molar-refractivity contribution is 0.0798. The van der Waals surface area contributed by atoms with Crippen molar-refractivity contribution in [2.45, 2.75) is 32.7 Å². The number of hydrogen-bond donors (Lipinski definition) is 2. The average molecular weight is 282 g/mol. The molecule has 1 aromatic heterocycles. The van der Waals surface area contributed by atoms with Crippen molar-refractivity contribution in [2.75, 3.05) is 18.8 Å². The molecule has 1 aliphatic heterocycles. The maximum Gasteiger partial charge on any atom is 0.273 e. The molecule has 3 N–H and O–H groups in total. The van der Waals surface area contributed by atoms with Crippen molar-refractivity contribution in [3.05, 3.63) is 10.6 Å². The number of nitrogens with zero attached hydrogens (tertiary/aromatic N) is 2. The van der Waals surface area contributed by atoms with Crippen molar-refractivity contribution in [2.24, 2.45) is 0 Å². The second-order valence-electron chi connectivity index (χ2n) is 4.90. The van der Waals surface area contributed by atoms with Crippen molar-refractivity contribution >= 4 is 29.0 Å². The van der Waals surface area contributed by atoms with Crippen LogP contribution >= 0.6 is 11.5 Å². The van der Waals surface area contributed by atoms with Crippen LogP contribution in [0.1, 0.15) is 46.8 Å². The number of anilines is 1. The third kappa shape index (κ3) is 2.86. The van der Waals surface area contributed by atoms with E-state index in [1.807, 2.05) is 13.8 Å². The normalized spacial score (nSPS) is 15.0. The highest BCUT2D eigenvalue weighted by Crippen LogP contribution is 2.25. The number of amides is 2. The first-order valence-corrected chi connectivity index (χ1v) is 7.13. The molecule has 2 rings (SSSR count). The van der Waals surface area contributed by atoms with Crippen molar-refractivity contribution in [1.29, 1.82) is 0 Å². The molecular formula is C12H18N4O2S. The van der Waals surface area contributed by atoms with Gasteiger partial charge in [0.25, 0.3) is 11.8 Å². The van der Waals surface area contributed by atoms with E-state index in [1.54, 1.807) is 4.90 Å². The van der Waals surface area contributed by atoms with E-state index >= 15 is 0 Å². The van der Waals surface area contributed by atoms with Gasteiger partial charge in [-0.2, -0.15) is 4.37 Å². The van der Waals surface area contributed by atoms with Gasteiger partial charge in [-0.15, -0.1) is 0 Å². The number of nitrogen functional groups attached to an aromatic ring is 1. The Morgan fingerprint density at radius 2 is 2.00 bits per heavy atom. The first-order chi connectivity index (χ1) is 9.00. The van der Waals surface area contributed by atoms with Gasteiger partial charge in [0.05, 0.1) is 5.69 Å². The van der Waals surface area contributed by atoms with Gasteiger partial charge in [0, 0.05) is 19.1 Å². The highest BCUT2D eigenvalue weighted by Gasteiger charge is 2.27. The first kappa shape index (κ1) is 13.8. The molecule has 0 spiro atoms. The van der Waals surface area contributed by atoms with Gasteiger partial charge in [0.2, 0.25) is 0 Å². The number of nitrogens with two attached hydrogens (primary N) is 1. The summed E-state index contributed by atoms with van der Waals surface area (Å²) in [5, 5.41) is 2.72. The van der Waals surface area contributed by atoms with Gasteiger partial charge in [0.15, 0.2) is 5.69 Å². The van der Waals surface area contributed by atoms with E-state index in [4.69, 9.17) is 5.73 Å². The largest absolute Gasteiger partial charge is 0.395 e. The van der Waals surface area contributed by atoms with Gasteiger partial charge < -0.3 is 16.0 Å². The molecule has 0 aliphatic carbocycles. The van der Waals surface area contributed by atoms with Crippen LogP contribution in [0.25, 0.3) is 0 Å². The Morgan fingerprint density at radius 1 is 1.37 bits per heavy atom. The van der Waals surface area contributed by atoms with Gasteiger partial charge in [-0.3, -0.25) is 9.59 Å². The second-order valence-corrected chi connectivity index (χ2v) is 5.67. The standard InChI is InChI=1S/C12H18N4O2S/c1-7(2)14-11(17)9-8(13)10(19-15-9)12(18)16-5-3-4-6-16/h7H,3-6,13H2,1-2H3,(H,14,17). The lowest BCUT2D eigenvalue weighted by Gasteiger charge is -2.13. The third-order valence-corrected chi connectivity index (χ3v) is 3.80. The summed E-state index contributed by atoms with van der Waals surface area (Å²) < 4.78 is 4.02. The molecule has 0 saturated carbocycles. The Labute approximate surface area is 116 Å². The lowest BCUT2D eigenvalue weighted by Crippen LogP contribution is -2.31. The fourth-order valence-corrected chi connectivity index (χ4v) is 2.78. The van der Waals surface area contributed by atoms with Gasteiger partial charge in [-0.25, -0.2) is 0 Å². The summed E-state index contributed by atoms with van der Waals surface area (Å²) in [4.78, 5) is 26.2. The predicted octanol–water partition coefficient (Wildman–Crippen LogP) is 1.10. The maximum atomic E-state index is 12.2. The Kier molecular flexibility index (Phi) is 4.04. The third-order valence-electron chi connectivity index (χ3n) is 2.95. The molecule has 1 aromatic rings. The highest BCUT2D eigenvalue weighted by atomic mass is 32.1. The molecule has 19 heavy (non-hydrogen) atoms. The molecule has 0 unspecified atom stereocenters. The molecule has 2 amide bonds. The fourth-order valence-electron chi connectivity index (χ4n) is 2.01. The number of aromatic nitrogens is 1. The lowest BCUT2D eigenvalue weighted by atomic mass is 10.2. The van der Waals surface area contributed by atoms with Crippen LogP contribution in [-0.2, 0) is 0 Å². The summed E-state index contributed by atoms with van der Waals surface area (Å²) in [5.74, 6) is -0.444. The molecule has 1 aliphatic rings. The number of hydrogen-bond acceptors (Lipinski definition) is 5. The Hall–Kier alpha value is -1.63. The maximum absolute atomic E-state index is 12.2. The van der Waals surface area contributed by atoms with Crippen LogP contribution in [0.4, 0.5) is 5.69 Å². The van der Waals surface area contributed by atoms with E-state index in [-0.39, 0.29) is 29.2 Å². The molecule has 7 heteroatoms. The quantitative estimate of drug-likeness (QED) is 0.869. The molecule has 1 saturated heterocycles.